The number of aliphatic hydroxyl groups excluding tert-OH is 2. The summed E-state index contributed by atoms with van der Waals surface area (Å²) < 4.78 is 5.30. The molecule has 6 heteroatoms. The maximum absolute atomic E-state index is 10.1. The number of nitrogens with zero attached hydrogens (tertiary/aromatic N) is 2. The van der Waals surface area contributed by atoms with Gasteiger partial charge in [-0.2, -0.15) is 0 Å². The standard InChI is InChI=1S/C18H23ClN2O3/c1-11-17(22)9-21(10-18(11)23)6-5-13-14-7-12(24-2)3-4-16(14)20-8-15(13)19/h3-4,7-8,11,17-18,22-23H,5-6,9-10H2,1-2H3/t11?,17-,18+. The van der Waals surface area contributed by atoms with Gasteiger partial charge in [0, 0.05) is 37.1 Å². The zero-order chi connectivity index (χ0) is 17.3. The third-order valence-electron chi connectivity index (χ3n) is 4.92. The summed E-state index contributed by atoms with van der Waals surface area (Å²) >= 11 is 6.38. The number of likely N-dealkylation sites (tertiary alicyclic amines) is 1. The van der Waals surface area contributed by atoms with Crippen LogP contribution in [0.25, 0.3) is 10.9 Å². The summed E-state index contributed by atoms with van der Waals surface area (Å²) in [7, 11) is 1.64. The minimum absolute atomic E-state index is 0.0872. The molecule has 2 aromatic rings. The highest BCUT2D eigenvalue weighted by Crippen LogP contribution is 2.28. The van der Waals surface area contributed by atoms with Gasteiger partial charge in [0.05, 0.1) is 29.9 Å². The van der Waals surface area contributed by atoms with Gasteiger partial charge in [0.15, 0.2) is 0 Å². The maximum atomic E-state index is 10.1. The Hall–Kier alpha value is -1.40. The van der Waals surface area contributed by atoms with Gasteiger partial charge in [-0.15, -0.1) is 0 Å². The van der Waals surface area contributed by atoms with Gasteiger partial charge >= 0.3 is 0 Å². The predicted octanol–water partition coefficient (Wildman–Crippen LogP) is 2.11. The van der Waals surface area contributed by atoms with Crippen molar-refractivity contribution >= 4 is 22.5 Å². The summed E-state index contributed by atoms with van der Waals surface area (Å²) in [6.45, 7) is 3.74. The van der Waals surface area contributed by atoms with E-state index in [9.17, 15) is 10.2 Å². The molecule has 5 nitrogen and oxygen atoms in total. The number of rotatable bonds is 4. The van der Waals surface area contributed by atoms with Crippen LogP contribution in [0.2, 0.25) is 5.02 Å². The molecule has 0 amide bonds. The van der Waals surface area contributed by atoms with Crippen LogP contribution >= 0.6 is 11.6 Å². The van der Waals surface area contributed by atoms with Crippen LogP contribution in [0.3, 0.4) is 0 Å². The largest absolute Gasteiger partial charge is 0.497 e. The number of piperidine rings is 1. The van der Waals surface area contributed by atoms with Crippen molar-refractivity contribution in [3.05, 3.63) is 35.0 Å². The molecule has 1 aromatic carbocycles. The fourth-order valence-corrected chi connectivity index (χ4v) is 3.47. The zero-order valence-corrected chi connectivity index (χ0v) is 14.7. The predicted molar refractivity (Wildman–Crippen MR) is 94.6 cm³/mol. The molecule has 2 heterocycles. The summed E-state index contributed by atoms with van der Waals surface area (Å²) in [6.07, 6.45) is 1.39. The molecule has 130 valence electrons. The highest BCUT2D eigenvalue weighted by Gasteiger charge is 2.31. The zero-order valence-electron chi connectivity index (χ0n) is 13.9. The number of hydrogen-bond donors (Lipinski definition) is 2. The van der Waals surface area contributed by atoms with Crippen LogP contribution in [0.15, 0.2) is 24.4 Å². The van der Waals surface area contributed by atoms with Gasteiger partial charge in [-0.3, -0.25) is 9.88 Å². The molecule has 3 rings (SSSR count). The number of pyridine rings is 1. The van der Waals surface area contributed by atoms with Gasteiger partial charge in [0.25, 0.3) is 0 Å². The molecule has 1 aliphatic rings. The van der Waals surface area contributed by atoms with Crippen LogP contribution in [0.4, 0.5) is 0 Å². The summed E-state index contributed by atoms with van der Waals surface area (Å²) in [6, 6.07) is 5.75. The van der Waals surface area contributed by atoms with Gasteiger partial charge < -0.3 is 14.9 Å². The second-order valence-corrected chi connectivity index (χ2v) is 6.88. The normalized spacial score (nSPS) is 25.1. The lowest BCUT2D eigenvalue weighted by Gasteiger charge is -2.37. The van der Waals surface area contributed by atoms with Crippen LogP contribution in [-0.2, 0) is 6.42 Å². The van der Waals surface area contributed by atoms with E-state index in [1.165, 1.54) is 0 Å². The molecule has 1 unspecified atom stereocenters. The molecule has 0 spiro atoms. The molecular weight excluding hydrogens is 328 g/mol. The Kier molecular flexibility index (Phi) is 5.25. The van der Waals surface area contributed by atoms with Crippen LogP contribution < -0.4 is 4.74 Å². The number of methoxy groups -OCH3 is 1. The number of aromatic nitrogens is 1. The SMILES string of the molecule is COc1ccc2ncc(Cl)c(CCN3C[C@@H](O)C(C)[C@@H](O)C3)c2c1. The average Bonchev–Trinajstić information content (AvgIpc) is 2.58. The molecule has 1 aromatic heterocycles. The monoisotopic (exact) mass is 350 g/mol. The summed E-state index contributed by atoms with van der Waals surface area (Å²) in [5.74, 6) is 0.682. The van der Waals surface area contributed by atoms with E-state index in [4.69, 9.17) is 16.3 Å². The Morgan fingerprint density at radius 1 is 1.29 bits per heavy atom. The second kappa shape index (κ2) is 7.23. The van der Waals surface area contributed by atoms with E-state index in [2.05, 4.69) is 9.88 Å². The fraction of sp³-hybridized carbons (Fsp3) is 0.500. The van der Waals surface area contributed by atoms with Gasteiger partial charge in [-0.1, -0.05) is 18.5 Å². The van der Waals surface area contributed by atoms with Crippen molar-refractivity contribution in [2.24, 2.45) is 5.92 Å². The number of β-amino-alcohol motifs (C(OH)–C–C–N with tert-alkyl or cyclic N) is 2. The quantitative estimate of drug-likeness (QED) is 0.884. The number of aliphatic hydroxyl groups is 2. The van der Waals surface area contributed by atoms with E-state index in [0.29, 0.717) is 18.1 Å². The first-order chi connectivity index (χ1) is 11.5. The van der Waals surface area contributed by atoms with Crippen molar-refractivity contribution < 1.29 is 14.9 Å². The third kappa shape index (κ3) is 3.49. The first-order valence-electron chi connectivity index (χ1n) is 8.19. The van der Waals surface area contributed by atoms with E-state index >= 15 is 0 Å². The number of halogens is 1. The van der Waals surface area contributed by atoms with Crippen LogP contribution in [0.5, 0.6) is 5.75 Å². The first-order valence-corrected chi connectivity index (χ1v) is 8.57. The van der Waals surface area contributed by atoms with Crippen LogP contribution in [0, 0.1) is 5.92 Å². The molecule has 0 radical (unpaired) electrons. The second-order valence-electron chi connectivity index (χ2n) is 6.47. The van der Waals surface area contributed by atoms with Gasteiger partial charge in [-0.25, -0.2) is 0 Å². The van der Waals surface area contributed by atoms with E-state index in [-0.39, 0.29) is 5.92 Å². The van der Waals surface area contributed by atoms with Gasteiger partial charge in [-0.05, 0) is 30.2 Å². The molecular formula is C18H23ClN2O3. The Morgan fingerprint density at radius 2 is 2.00 bits per heavy atom. The van der Waals surface area contributed by atoms with Gasteiger partial charge in [0.1, 0.15) is 5.75 Å². The molecule has 3 atom stereocenters. The highest BCUT2D eigenvalue weighted by atomic mass is 35.5. The summed E-state index contributed by atoms with van der Waals surface area (Å²) in [5, 5.41) is 21.7. The molecule has 1 fully saturated rings. The van der Waals surface area contributed by atoms with E-state index in [0.717, 1.165) is 35.2 Å². The average molecular weight is 351 g/mol. The fourth-order valence-electron chi connectivity index (χ4n) is 3.23. The Morgan fingerprint density at radius 3 is 2.67 bits per heavy atom. The Bertz CT molecular complexity index is 713. The number of hydrogen-bond acceptors (Lipinski definition) is 5. The van der Waals surface area contributed by atoms with Crippen molar-refractivity contribution in [2.75, 3.05) is 26.7 Å². The van der Waals surface area contributed by atoms with E-state index in [1.54, 1.807) is 13.3 Å². The lowest BCUT2D eigenvalue weighted by molar-refractivity contribution is -0.0527. The van der Waals surface area contributed by atoms with Crippen LogP contribution in [-0.4, -0.2) is 59.0 Å². The molecule has 1 saturated heterocycles. The van der Waals surface area contributed by atoms with Crippen molar-refractivity contribution in [1.29, 1.82) is 0 Å². The summed E-state index contributed by atoms with van der Waals surface area (Å²) in [4.78, 5) is 6.45. The third-order valence-corrected chi connectivity index (χ3v) is 5.24. The van der Waals surface area contributed by atoms with E-state index in [1.807, 2.05) is 25.1 Å². The maximum Gasteiger partial charge on any atom is 0.119 e. The molecule has 24 heavy (non-hydrogen) atoms. The number of fused-ring (bicyclic) bond motifs is 1. The topological polar surface area (TPSA) is 65.8 Å². The molecule has 0 saturated carbocycles. The minimum Gasteiger partial charge on any atom is -0.497 e. The highest BCUT2D eigenvalue weighted by molar-refractivity contribution is 6.32. The van der Waals surface area contributed by atoms with E-state index < -0.39 is 12.2 Å². The minimum atomic E-state index is -0.501. The number of benzene rings is 1. The van der Waals surface area contributed by atoms with Crippen LogP contribution in [0.1, 0.15) is 12.5 Å². The number of ether oxygens (including phenoxy) is 1. The molecule has 0 aliphatic carbocycles. The molecule has 0 bridgehead atoms. The Balaban J connectivity index is 1.81. The van der Waals surface area contributed by atoms with Crippen molar-refractivity contribution in [1.82, 2.24) is 9.88 Å². The lowest BCUT2D eigenvalue weighted by atomic mass is 9.93. The molecule has 2 N–H and O–H groups in total. The lowest BCUT2D eigenvalue weighted by Crippen LogP contribution is -2.51. The van der Waals surface area contributed by atoms with Crippen molar-refractivity contribution in [3.63, 3.8) is 0 Å². The first kappa shape index (κ1) is 17.4. The van der Waals surface area contributed by atoms with Crippen molar-refractivity contribution in [3.8, 4) is 5.75 Å². The summed E-state index contributed by atoms with van der Waals surface area (Å²) in [5.41, 5.74) is 1.89. The Labute approximate surface area is 146 Å². The van der Waals surface area contributed by atoms with Gasteiger partial charge in [0.2, 0.25) is 0 Å². The molecule has 1 aliphatic heterocycles. The van der Waals surface area contributed by atoms with Crippen molar-refractivity contribution in [2.45, 2.75) is 25.6 Å². The smallest absolute Gasteiger partial charge is 0.119 e.